The van der Waals surface area contributed by atoms with Crippen LogP contribution in [0.3, 0.4) is 0 Å². The molecule has 0 radical (unpaired) electrons. The molecule has 0 saturated carbocycles. The number of nitrogens with one attached hydrogen (secondary N) is 2. The molecule has 1 aromatic heterocycles. The van der Waals surface area contributed by atoms with E-state index in [1.165, 1.54) is 0 Å². The van der Waals surface area contributed by atoms with Gasteiger partial charge in [0.25, 0.3) is 5.91 Å². The van der Waals surface area contributed by atoms with Crippen molar-refractivity contribution in [2.45, 2.75) is 44.6 Å². The lowest BCUT2D eigenvalue weighted by Gasteiger charge is -2.45. The highest BCUT2D eigenvalue weighted by molar-refractivity contribution is 5.80. The lowest BCUT2D eigenvalue weighted by molar-refractivity contribution is -0.171. The van der Waals surface area contributed by atoms with Gasteiger partial charge in [0.05, 0.1) is 6.54 Å². The summed E-state index contributed by atoms with van der Waals surface area (Å²) in [6.45, 7) is 4.10. The van der Waals surface area contributed by atoms with E-state index in [0.717, 1.165) is 17.0 Å². The average Bonchev–Trinajstić information content (AvgIpc) is 3.22. The normalized spacial score (nSPS) is 20.2. The van der Waals surface area contributed by atoms with Gasteiger partial charge < -0.3 is 24.8 Å². The predicted molar refractivity (Wildman–Crippen MR) is 107 cm³/mol. The molecule has 3 amide bonds. The minimum Gasteiger partial charge on any atom is -0.357 e. The Morgan fingerprint density at radius 3 is 2.76 bits per heavy atom. The first-order valence-electron chi connectivity index (χ1n) is 10.0. The van der Waals surface area contributed by atoms with Crippen LogP contribution in [0, 0.1) is 6.92 Å². The summed E-state index contributed by atoms with van der Waals surface area (Å²) in [5, 5.41) is 5.68. The number of benzene rings is 1. The van der Waals surface area contributed by atoms with E-state index in [9.17, 15) is 9.59 Å². The topological polar surface area (TPSA) is 88.5 Å². The van der Waals surface area contributed by atoms with Crippen molar-refractivity contribution in [2.24, 2.45) is 0 Å². The Bertz CT molecular complexity index is 901. The monoisotopic (exact) mass is 397 g/mol. The molecule has 2 aromatic rings. The molecular weight excluding hydrogens is 370 g/mol. The van der Waals surface area contributed by atoms with Crippen LogP contribution in [0.15, 0.2) is 36.7 Å². The summed E-state index contributed by atoms with van der Waals surface area (Å²) in [6.07, 6.45) is 4.29. The zero-order valence-corrected chi connectivity index (χ0v) is 16.9. The predicted octanol–water partition coefficient (Wildman–Crippen LogP) is 1.54. The molecule has 0 aliphatic carbocycles. The number of urea groups is 1. The molecule has 1 aromatic carbocycles. The number of ether oxygens (including phenoxy) is 1. The molecule has 8 nitrogen and oxygen atoms in total. The highest BCUT2D eigenvalue weighted by atomic mass is 16.5. The van der Waals surface area contributed by atoms with E-state index in [0.29, 0.717) is 39.0 Å². The first-order chi connectivity index (χ1) is 14.0. The third-order valence-electron chi connectivity index (χ3n) is 5.94. The van der Waals surface area contributed by atoms with Crippen LogP contribution in [0.25, 0.3) is 0 Å². The van der Waals surface area contributed by atoms with Gasteiger partial charge >= 0.3 is 6.03 Å². The molecule has 4 rings (SSSR count). The quantitative estimate of drug-likeness (QED) is 0.822. The second kappa shape index (κ2) is 7.87. The van der Waals surface area contributed by atoms with Crippen molar-refractivity contribution in [3.05, 3.63) is 53.6 Å². The van der Waals surface area contributed by atoms with Crippen molar-refractivity contribution in [3.8, 4) is 0 Å². The Morgan fingerprint density at radius 1 is 1.28 bits per heavy atom. The summed E-state index contributed by atoms with van der Waals surface area (Å²) in [5.74, 6) is 0.708. The minimum absolute atomic E-state index is 0.0786. The molecule has 8 heteroatoms. The Morgan fingerprint density at radius 2 is 2.03 bits per heavy atom. The number of rotatable bonds is 3. The zero-order chi connectivity index (χ0) is 20.4. The number of carbonyl (C=O) groups is 2. The second-order valence-electron chi connectivity index (χ2n) is 7.69. The van der Waals surface area contributed by atoms with Gasteiger partial charge in [-0.1, -0.05) is 24.3 Å². The van der Waals surface area contributed by atoms with Gasteiger partial charge in [-0.2, -0.15) is 0 Å². The highest BCUT2D eigenvalue weighted by Gasteiger charge is 2.47. The number of aryl methyl sites for hydroxylation is 1. The van der Waals surface area contributed by atoms with Crippen LogP contribution in [-0.4, -0.2) is 52.6 Å². The van der Waals surface area contributed by atoms with Gasteiger partial charge in [0.2, 0.25) is 0 Å². The number of carbonyl (C=O) groups excluding carboxylic acids is 2. The number of nitrogens with zero attached hydrogens (tertiary/aromatic N) is 3. The summed E-state index contributed by atoms with van der Waals surface area (Å²) in [7, 11) is 1.61. The largest absolute Gasteiger partial charge is 0.357 e. The van der Waals surface area contributed by atoms with Crippen molar-refractivity contribution in [3.63, 3.8) is 0 Å². The summed E-state index contributed by atoms with van der Waals surface area (Å²) in [5.41, 5.74) is 1.64. The molecule has 0 bridgehead atoms. The highest BCUT2D eigenvalue weighted by Crippen LogP contribution is 2.40. The molecule has 1 saturated heterocycles. The molecule has 1 spiro atoms. The van der Waals surface area contributed by atoms with E-state index in [1.54, 1.807) is 13.2 Å². The van der Waals surface area contributed by atoms with Crippen molar-refractivity contribution in [1.82, 2.24) is 25.1 Å². The van der Waals surface area contributed by atoms with Gasteiger partial charge in [0.1, 0.15) is 11.4 Å². The van der Waals surface area contributed by atoms with Gasteiger partial charge in [-0.15, -0.1) is 0 Å². The maximum Gasteiger partial charge on any atom is 0.317 e. The van der Waals surface area contributed by atoms with Gasteiger partial charge in [-0.25, -0.2) is 9.78 Å². The Kier molecular flexibility index (Phi) is 5.27. The van der Waals surface area contributed by atoms with E-state index in [1.807, 2.05) is 46.9 Å². The maximum atomic E-state index is 12.7. The van der Waals surface area contributed by atoms with Crippen molar-refractivity contribution < 1.29 is 14.3 Å². The standard InChI is InChI=1S/C21H27N5O3/c1-15-5-3-4-6-16(15)13-24-20(28)25-10-7-21(8-11-25)19-23-9-12-26(19)14-17(29-21)18(27)22-2/h3-6,9,12,17H,7-8,10-11,13-14H2,1-2H3,(H,22,27)(H,24,28). The number of likely N-dealkylation sites (N-methyl/N-ethyl adjacent to an activating group) is 1. The number of amides is 3. The molecule has 2 aliphatic heterocycles. The Hall–Kier alpha value is -2.87. The number of aromatic nitrogens is 2. The summed E-state index contributed by atoms with van der Waals surface area (Å²) in [4.78, 5) is 31.2. The molecule has 3 heterocycles. The van der Waals surface area contributed by atoms with Crippen molar-refractivity contribution in [2.75, 3.05) is 20.1 Å². The average molecular weight is 397 g/mol. The molecule has 1 atom stereocenters. The maximum absolute atomic E-state index is 12.7. The first-order valence-corrected chi connectivity index (χ1v) is 10.0. The second-order valence-corrected chi connectivity index (χ2v) is 7.69. The van der Waals surface area contributed by atoms with E-state index in [-0.39, 0.29) is 11.9 Å². The molecule has 29 heavy (non-hydrogen) atoms. The zero-order valence-electron chi connectivity index (χ0n) is 16.9. The third kappa shape index (κ3) is 3.72. The van der Waals surface area contributed by atoms with E-state index in [2.05, 4.69) is 15.6 Å². The van der Waals surface area contributed by atoms with Gasteiger partial charge in [0.15, 0.2) is 6.10 Å². The lowest BCUT2D eigenvalue weighted by Crippen LogP contribution is -2.55. The fourth-order valence-corrected chi connectivity index (χ4v) is 4.20. The molecule has 2 N–H and O–H groups in total. The SMILES string of the molecule is CNC(=O)C1Cn2ccnc2C2(CCN(C(=O)NCc3ccccc3C)CC2)O1. The minimum atomic E-state index is -0.633. The fourth-order valence-electron chi connectivity index (χ4n) is 4.20. The number of hydrogen-bond donors (Lipinski definition) is 2. The molecule has 1 unspecified atom stereocenters. The Balaban J connectivity index is 1.41. The smallest absolute Gasteiger partial charge is 0.317 e. The number of hydrogen-bond acceptors (Lipinski definition) is 4. The van der Waals surface area contributed by atoms with Gasteiger partial charge in [-0.3, -0.25) is 4.79 Å². The van der Waals surface area contributed by atoms with Crippen LogP contribution < -0.4 is 10.6 Å². The van der Waals surface area contributed by atoms with Gasteiger partial charge in [-0.05, 0) is 18.1 Å². The Labute approximate surface area is 170 Å². The van der Waals surface area contributed by atoms with Crippen LogP contribution in [0.5, 0.6) is 0 Å². The van der Waals surface area contributed by atoms with Crippen LogP contribution in [-0.2, 0) is 28.2 Å². The molecular formula is C21H27N5O3. The van der Waals surface area contributed by atoms with Crippen LogP contribution in [0.2, 0.25) is 0 Å². The molecule has 2 aliphatic rings. The summed E-state index contributed by atoms with van der Waals surface area (Å²) >= 11 is 0. The summed E-state index contributed by atoms with van der Waals surface area (Å²) in [6, 6.07) is 7.95. The number of imidazole rings is 1. The molecule has 154 valence electrons. The lowest BCUT2D eigenvalue weighted by atomic mass is 9.88. The number of likely N-dealkylation sites (tertiary alicyclic amines) is 1. The fraction of sp³-hybridized carbons (Fsp3) is 0.476. The van der Waals surface area contributed by atoms with Gasteiger partial charge in [0, 0.05) is 51.9 Å². The van der Waals surface area contributed by atoms with Crippen LogP contribution in [0.4, 0.5) is 4.79 Å². The van der Waals surface area contributed by atoms with Crippen LogP contribution in [0.1, 0.15) is 29.8 Å². The molecule has 1 fully saturated rings. The van der Waals surface area contributed by atoms with Crippen molar-refractivity contribution >= 4 is 11.9 Å². The number of piperidine rings is 1. The number of fused-ring (bicyclic) bond motifs is 2. The first kappa shape index (κ1) is 19.4. The van der Waals surface area contributed by atoms with E-state index >= 15 is 0 Å². The van der Waals surface area contributed by atoms with Crippen molar-refractivity contribution in [1.29, 1.82) is 0 Å². The summed E-state index contributed by atoms with van der Waals surface area (Å²) < 4.78 is 8.27. The third-order valence-corrected chi connectivity index (χ3v) is 5.94. The van der Waals surface area contributed by atoms with E-state index < -0.39 is 11.7 Å². The van der Waals surface area contributed by atoms with E-state index in [4.69, 9.17) is 4.74 Å². The van der Waals surface area contributed by atoms with Crippen LogP contribution >= 0.6 is 0 Å².